The molecule has 2 aromatic heterocycles. The van der Waals surface area contributed by atoms with Crippen molar-refractivity contribution in [3.8, 4) is 0 Å². The van der Waals surface area contributed by atoms with Crippen molar-refractivity contribution in [3.63, 3.8) is 0 Å². The second-order valence-electron chi connectivity index (χ2n) is 3.99. The predicted octanol–water partition coefficient (Wildman–Crippen LogP) is 2.64. The zero-order chi connectivity index (χ0) is 12.3. The van der Waals surface area contributed by atoms with Crippen LogP contribution in [0.5, 0.6) is 0 Å². The van der Waals surface area contributed by atoms with Crippen LogP contribution in [0, 0.1) is 6.92 Å². The number of hydrogen-bond acceptors (Lipinski definition) is 3. The van der Waals surface area contributed by atoms with E-state index in [1.165, 1.54) is 0 Å². The molecule has 0 spiro atoms. The minimum atomic E-state index is 0.429. The molecule has 0 aliphatic rings. The van der Waals surface area contributed by atoms with Crippen molar-refractivity contribution >= 4 is 11.6 Å². The van der Waals surface area contributed by atoms with Crippen LogP contribution in [0.25, 0.3) is 0 Å². The Hall–Kier alpha value is -1.42. The highest BCUT2D eigenvalue weighted by Gasteiger charge is 2.11. The molecular weight excluding hydrogens is 236 g/mol. The highest BCUT2D eigenvalue weighted by molar-refractivity contribution is 6.28. The van der Waals surface area contributed by atoms with Crippen LogP contribution in [0.3, 0.4) is 0 Å². The van der Waals surface area contributed by atoms with E-state index in [9.17, 15) is 0 Å². The molecule has 0 saturated heterocycles. The van der Waals surface area contributed by atoms with E-state index in [1.54, 1.807) is 6.20 Å². The minimum Gasteiger partial charge on any atom is -0.296 e. The third-order valence-electron chi connectivity index (χ3n) is 2.68. The summed E-state index contributed by atoms with van der Waals surface area (Å²) in [6.07, 6.45) is 3.70. The number of aromatic nitrogens is 4. The lowest BCUT2D eigenvalue weighted by Crippen LogP contribution is -2.08. The Bertz CT molecular complexity index is 507. The first-order valence-electron chi connectivity index (χ1n) is 5.70. The van der Waals surface area contributed by atoms with Crippen LogP contribution in [-0.2, 0) is 13.0 Å². The Morgan fingerprint density at radius 1 is 1.35 bits per heavy atom. The van der Waals surface area contributed by atoms with Gasteiger partial charge in [-0.05, 0) is 36.6 Å². The van der Waals surface area contributed by atoms with Gasteiger partial charge in [-0.1, -0.05) is 13.0 Å². The molecule has 0 saturated carbocycles. The zero-order valence-corrected chi connectivity index (χ0v) is 10.8. The van der Waals surface area contributed by atoms with E-state index < -0.39 is 0 Å². The van der Waals surface area contributed by atoms with Crippen LogP contribution in [0.2, 0.25) is 5.28 Å². The fourth-order valence-corrected chi connectivity index (χ4v) is 1.91. The molecule has 0 fully saturated rings. The average molecular weight is 251 g/mol. The van der Waals surface area contributed by atoms with Crippen LogP contribution in [0.1, 0.15) is 30.4 Å². The fourth-order valence-electron chi connectivity index (χ4n) is 1.71. The molecule has 2 aromatic rings. The van der Waals surface area contributed by atoms with E-state index in [-0.39, 0.29) is 0 Å². The predicted molar refractivity (Wildman–Crippen MR) is 67.1 cm³/mol. The highest BCUT2D eigenvalue weighted by atomic mass is 35.5. The molecule has 0 N–H and O–H groups in total. The van der Waals surface area contributed by atoms with E-state index in [2.05, 4.69) is 22.1 Å². The van der Waals surface area contributed by atoms with Crippen LogP contribution in [0.15, 0.2) is 18.3 Å². The van der Waals surface area contributed by atoms with E-state index in [0.717, 1.165) is 29.9 Å². The fraction of sp³-hybridized carbons (Fsp3) is 0.417. The molecule has 5 heteroatoms. The number of hydrogen-bond donors (Lipinski definition) is 0. The van der Waals surface area contributed by atoms with Crippen molar-refractivity contribution in [3.05, 3.63) is 40.7 Å². The standard InChI is InChI=1S/C12H15ClN4/c1-3-5-11-15-16-12(13)17(11)8-10-9(2)6-4-7-14-10/h4,6-7H,3,5,8H2,1-2H3. The number of nitrogens with zero attached hydrogens (tertiary/aromatic N) is 4. The SMILES string of the molecule is CCCc1nnc(Cl)n1Cc1ncccc1C. The first-order chi connectivity index (χ1) is 8.22. The van der Waals surface area contributed by atoms with Gasteiger partial charge in [-0.15, -0.1) is 10.2 Å². The molecule has 0 unspecified atom stereocenters. The molecule has 0 aliphatic carbocycles. The largest absolute Gasteiger partial charge is 0.296 e. The van der Waals surface area contributed by atoms with Gasteiger partial charge >= 0.3 is 0 Å². The Labute approximate surface area is 106 Å². The van der Waals surface area contributed by atoms with Gasteiger partial charge in [0.05, 0.1) is 12.2 Å². The summed E-state index contributed by atoms with van der Waals surface area (Å²) in [4.78, 5) is 4.36. The summed E-state index contributed by atoms with van der Waals surface area (Å²) in [5.74, 6) is 0.919. The normalized spacial score (nSPS) is 10.8. The molecule has 90 valence electrons. The Morgan fingerprint density at radius 2 is 2.18 bits per heavy atom. The molecule has 2 rings (SSSR count). The molecular formula is C12H15ClN4. The quantitative estimate of drug-likeness (QED) is 0.838. The molecule has 0 atom stereocenters. The van der Waals surface area contributed by atoms with Crippen LogP contribution >= 0.6 is 11.6 Å². The Balaban J connectivity index is 2.29. The molecule has 0 bridgehead atoms. The summed E-state index contributed by atoms with van der Waals surface area (Å²) >= 11 is 6.04. The van der Waals surface area contributed by atoms with Crippen molar-refractivity contribution < 1.29 is 0 Å². The summed E-state index contributed by atoms with van der Waals surface area (Å²) < 4.78 is 1.92. The molecule has 0 radical (unpaired) electrons. The van der Waals surface area contributed by atoms with E-state index in [0.29, 0.717) is 11.8 Å². The van der Waals surface area contributed by atoms with Gasteiger partial charge in [-0.3, -0.25) is 9.55 Å². The molecule has 17 heavy (non-hydrogen) atoms. The number of rotatable bonds is 4. The highest BCUT2D eigenvalue weighted by Crippen LogP contribution is 2.14. The van der Waals surface area contributed by atoms with Crippen molar-refractivity contribution in [2.45, 2.75) is 33.2 Å². The first-order valence-corrected chi connectivity index (χ1v) is 6.08. The second kappa shape index (κ2) is 5.27. The van der Waals surface area contributed by atoms with Crippen molar-refractivity contribution in [2.75, 3.05) is 0 Å². The summed E-state index contributed by atoms with van der Waals surface area (Å²) in [5.41, 5.74) is 2.16. The number of aryl methyl sites for hydroxylation is 2. The van der Waals surface area contributed by atoms with Gasteiger partial charge in [0.15, 0.2) is 0 Å². The summed E-state index contributed by atoms with van der Waals surface area (Å²) in [7, 11) is 0. The van der Waals surface area contributed by atoms with E-state index in [1.807, 2.05) is 23.6 Å². The lowest BCUT2D eigenvalue weighted by atomic mass is 10.2. The molecule has 0 aromatic carbocycles. The number of halogens is 1. The maximum absolute atomic E-state index is 6.04. The Kier molecular flexibility index (Phi) is 3.74. The maximum Gasteiger partial charge on any atom is 0.225 e. The molecule has 0 aliphatic heterocycles. The third-order valence-corrected chi connectivity index (χ3v) is 2.96. The van der Waals surface area contributed by atoms with E-state index in [4.69, 9.17) is 11.6 Å². The summed E-state index contributed by atoms with van der Waals surface area (Å²) in [6, 6.07) is 3.97. The average Bonchev–Trinajstić information content (AvgIpc) is 2.65. The lowest BCUT2D eigenvalue weighted by Gasteiger charge is -2.08. The van der Waals surface area contributed by atoms with E-state index >= 15 is 0 Å². The van der Waals surface area contributed by atoms with Gasteiger partial charge in [0.1, 0.15) is 5.82 Å². The van der Waals surface area contributed by atoms with Gasteiger partial charge in [0, 0.05) is 12.6 Å². The third kappa shape index (κ3) is 2.64. The summed E-state index contributed by atoms with van der Waals surface area (Å²) in [6.45, 7) is 4.78. The van der Waals surface area contributed by atoms with Crippen LogP contribution in [0.4, 0.5) is 0 Å². The minimum absolute atomic E-state index is 0.429. The van der Waals surface area contributed by atoms with Crippen molar-refractivity contribution in [1.82, 2.24) is 19.7 Å². The van der Waals surface area contributed by atoms with Crippen LogP contribution in [-0.4, -0.2) is 19.7 Å². The van der Waals surface area contributed by atoms with Crippen molar-refractivity contribution in [2.24, 2.45) is 0 Å². The smallest absolute Gasteiger partial charge is 0.225 e. The maximum atomic E-state index is 6.04. The van der Waals surface area contributed by atoms with Crippen molar-refractivity contribution in [1.29, 1.82) is 0 Å². The van der Waals surface area contributed by atoms with Crippen LogP contribution < -0.4 is 0 Å². The van der Waals surface area contributed by atoms with Gasteiger partial charge in [-0.2, -0.15) is 0 Å². The first kappa shape index (κ1) is 12.0. The van der Waals surface area contributed by atoms with Gasteiger partial charge in [0.2, 0.25) is 5.28 Å². The summed E-state index contributed by atoms with van der Waals surface area (Å²) in [5, 5.41) is 8.43. The Morgan fingerprint density at radius 3 is 2.88 bits per heavy atom. The molecule has 2 heterocycles. The van der Waals surface area contributed by atoms with Gasteiger partial charge in [-0.25, -0.2) is 0 Å². The monoisotopic (exact) mass is 250 g/mol. The van der Waals surface area contributed by atoms with Gasteiger partial charge < -0.3 is 0 Å². The lowest BCUT2D eigenvalue weighted by molar-refractivity contribution is 0.691. The number of pyridine rings is 1. The molecule has 4 nitrogen and oxygen atoms in total. The second-order valence-corrected chi connectivity index (χ2v) is 4.33. The molecule has 0 amide bonds. The van der Waals surface area contributed by atoms with Gasteiger partial charge in [0.25, 0.3) is 0 Å². The topological polar surface area (TPSA) is 43.6 Å². The zero-order valence-electron chi connectivity index (χ0n) is 10.0.